The Balaban J connectivity index is 0.000000146. The van der Waals surface area contributed by atoms with Gasteiger partial charge in [-0.25, -0.2) is 83.6 Å². The van der Waals surface area contributed by atoms with Gasteiger partial charge in [-0.3, -0.25) is 40.7 Å². The van der Waals surface area contributed by atoms with Crippen molar-refractivity contribution in [2.75, 3.05) is 131 Å². The number of hydrogen-bond donors (Lipinski definition) is 13. The number of methoxy groups -OCH3 is 1. The molecule has 13 heterocycles. The normalized spacial score (nSPS) is 15.2. The molecule has 8 amide bonds. The summed E-state index contributed by atoms with van der Waals surface area (Å²) in [5.41, 5.74) is 13.7. The molecular weight excluding hydrogens is 1840 g/mol. The lowest BCUT2D eigenvalue weighted by atomic mass is 9.95. The van der Waals surface area contributed by atoms with E-state index in [9.17, 15) is 34.0 Å². The van der Waals surface area contributed by atoms with Crippen LogP contribution in [0, 0.1) is 0 Å². The van der Waals surface area contributed by atoms with Crippen molar-refractivity contribution in [3.63, 3.8) is 0 Å². The maximum atomic E-state index is 12.2. The summed E-state index contributed by atoms with van der Waals surface area (Å²) in [6, 6.07) is 24.5. The second kappa shape index (κ2) is 44.6. The zero-order chi connectivity index (χ0) is 96.6. The Bertz CT molecular complexity index is 6550. The first-order chi connectivity index (χ1) is 65.2. The first kappa shape index (κ1) is 99.5. The summed E-state index contributed by atoms with van der Waals surface area (Å²) < 4.78 is 41.2. The van der Waals surface area contributed by atoms with Crippen LogP contribution in [-0.2, 0) is 51.2 Å². The Morgan fingerprint density at radius 3 is 1.51 bits per heavy atom. The number of anilines is 6. The van der Waals surface area contributed by atoms with Crippen LogP contribution in [0.1, 0.15) is 118 Å². The topological polar surface area (TPSA) is 508 Å². The molecule has 3 aliphatic rings. The van der Waals surface area contributed by atoms with E-state index in [1.54, 1.807) is 64.3 Å². The zero-order valence-electron chi connectivity index (χ0n) is 77.2. The van der Waals surface area contributed by atoms with Crippen molar-refractivity contribution in [1.29, 1.82) is 0 Å². The Kier molecular flexibility index (Phi) is 32.6. The number of hydrogen-bond acceptors (Lipinski definition) is 33. The van der Waals surface area contributed by atoms with Crippen molar-refractivity contribution in [3.8, 4) is 67.0 Å². The van der Waals surface area contributed by atoms with E-state index in [0.29, 0.717) is 95.8 Å². The van der Waals surface area contributed by atoms with Crippen LogP contribution < -0.4 is 52.8 Å². The number of nitrogens with zero attached hydrogens (tertiary/aromatic N) is 16. The number of aromatic nitrogens is 14. The molecule has 0 aliphatic carbocycles. The number of thiazole rings is 4. The molecule has 10 aromatic heterocycles. The quantitative estimate of drug-likeness (QED) is 0.0177. The summed E-state index contributed by atoms with van der Waals surface area (Å²) in [6.07, 6.45) is 16.5. The molecule has 714 valence electrons. The first-order valence-electron chi connectivity index (χ1n) is 44.0. The van der Waals surface area contributed by atoms with E-state index in [0.717, 1.165) is 152 Å². The fourth-order valence-corrected chi connectivity index (χ4v) is 19.0. The summed E-state index contributed by atoms with van der Waals surface area (Å²) >= 11 is 5.63. The minimum atomic E-state index is -4.67. The van der Waals surface area contributed by atoms with Gasteiger partial charge in [-0.1, -0.05) is 72.2 Å². The summed E-state index contributed by atoms with van der Waals surface area (Å²) in [5.74, 6) is 1.65. The Labute approximate surface area is 800 Å². The molecule has 3 fully saturated rings. The van der Waals surface area contributed by atoms with E-state index < -0.39 is 25.1 Å². The number of amides is 8. The van der Waals surface area contributed by atoms with Crippen molar-refractivity contribution in [2.45, 2.75) is 125 Å². The van der Waals surface area contributed by atoms with Crippen LogP contribution in [0.4, 0.5) is 51.1 Å². The number of rotatable bonds is 26. The number of aliphatic hydroxyl groups is 2. The average Bonchev–Trinajstić information content (AvgIpc) is 1.46. The molecule has 0 radical (unpaired) electrons. The smallest absolute Gasteiger partial charge is 0.383 e. The third-order valence-electron chi connectivity index (χ3n) is 21.0. The molecule has 136 heavy (non-hydrogen) atoms. The van der Waals surface area contributed by atoms with E-state index in [-0.39, 0.29) is 60.8 Å². The van der Waals surface area contributed by atoms with Gasteiger partial charge in [0.05, 0.1) is 103 Å². The molecule has 13 N–H and O–H groups in total. The molecule has 3 aliphatic heterocycles. The van der Waals surface area contributed by atoms with Gasteiger partial charge >= 0.3 is 31.9 Å². The highest BCUT2D eigenvalue weighted by Gasteiger charge is 2.41. The van der Waals surface area contributed by atoms with Gasteiger partial charge in [0.2, 0.25) is 0 Å². The minimum Gasteiger partial charge on any atom is -0.383 e. The van der Waals surface area contributed by atoms with E-state index in [4.69, 9.17) is 38.7 Å². The van der Waals surface area contributed by atoms with Crippen LogP contribution in [0.2, 0.25) is 0 Å². The molecule has 17 rings (SSSR count). The lowest BCUT2D eigenvalue weighted by Crippen LogP contribution is -2.47. The van der Waals surface area contributed by atoms with Gasteiger partial charge in [0.25, 0.3) is 0 Å². The van der Waals surface area contributed by atoms with E-state index in [1.165, 1.54) is 52.3 Å². The first-order valence-corrected chi connectivity index (χ1v) is 48.8. The molecule has 14 aromatic rings. The predicted octanol–water partition coefficient (Wildman–Crippen LogP) is 15.1. The largest absolute Gasteiger partial charge is 0.470 e. The third-order valence-corrected chi connectivity index (χ3v) is 25.6. The van der Waals surface area contributed by atoms with Gasteiger partial charge in [0, 0.05) is 185 Å². The van der Waals surface area contributed by atoms with Crippen molar-refractivity contribution in [3.05, 3.63) is 170 Å². The lowest BCUT2D eigenvalue weighted by Gasteiger charge is -2.35. The highest BCUT2D eigenvalue weighted by atomic mass is 32.1. The molecule has 39 nitrogen and oxygen atoms in total. The van der Waals surface area contributed by atoms with Crippen LogP contribution in [0.5, 0.6) is 0 Å². The van der Waals surface area contributed by atoms with Gasteiger partial charge in [0.1, 0.15) is 17.5 Å². The molecule has 0 saturated carbocycles. The van der Waals surface area contributed by atoms with Gasteiger partial charge < -0.3 is 70.4 Å². The van der Waals surface area contributed by atoms with Crippen LogP contribution in [0.3, 0.4) is 0 Å². The van der Waals surface area contributed by atoms with E-state index in [2.05, 4.69) is 175 Å². The second-order valence-corrected chi connectivity index (χ2v) is 38.7. The zero-order valence-corrected chi connectivity index (χ0v) is 81.4. The number of phosphoric ester groups is 1. The molecule has 44 heteroatoms. The summed E-state index contributed by atoms with van der Waals surface area (Å²) in [5, 5.41) is 48.1. The van der Waals surface area contributed by atoms with Crippen LogP contribution in [0.25, 0.3) is 108 Å². The number of morpholine rings is 2. The molecule has 4 aromatic carbocycles. The number of pyridine rings is 2. The minimum absolute atomic E-state index is 0.101. The highest BCUT2D eigenvalue weighted by molar-refractivity contribution is 7.46. The number of carbonyl (C=O) groups excluding carboxylic acids is 4. The monoisotopic (exact) mass is 1950 g/mol. The number of benzene rings is 4. The molecular formula is C92H108N25O14PS4. The fraction of sp³-hybridized carbons (Fsp3) is 0.370. The number of nitrogens with one attached hydrogen (secondary N) is 9. The van der Waals surface area contributed by atoms with Gasteiger partial charge in [-0.15, -0.1) is 0 Å². The van der Waals surface area contributed by atoms with Crippen molar-refractivity contribution in [1.82, 2.24) is 95.9 Å². The molecule has 0 spiro atoms. The highest BCUT2D eigenvalue weighted by Crippen LogP contribution is 2.45. The van der Waals surface area contributed by atoms with Crippen LogP contribution >= 0.6 is 53.2 Å². The van der Waals surface area contributed by atoms with E-state index >= 15 is 0 Å². The number of fused-ring (bicyclic) bond motifs is 4. The van der Waals surface area contributed by atoms with E-state index in [1.807, 2.05) is 107 Å². The van der Waals surface area contributed by atoms with Crippen molar-refractivity contribution in [2.24, 2.45) is 0 Å². The van der Waals surface area contributed by atoms with Crippen molar-refractivity contribution >= 4 is 150 Å². The fourth-order valence-electron chi connectivity index (χ4n) is 14.7. The third kappa shape index (κ3) is 25.8. The van der Waals surface area contributed by atoms with Crippen LogP contribution in [-0.4, -0.2) is 230 Å². The summed E-state index contributed by atoms with van der Waals surface area (Å²) in [7, 11) is -3.02. The maximum Gasteiger partial charge on any atom is 0.470 e. The Hall–Kier alpha value is -12.4. The molecule has 1 unspecified atom stereocenters. The maximum absolute atomic E-state index is 12.2. The Morgan fingerprint density at radius 1 is 0.544 bits per heavy atom. The molecule has 3 saturated heterocycles. The van der Waals surface area contributed by atoms with Crippen molar-refractivity contribution < 1.29 is 67.2 Å². The number of urea groups is 4. The van der Waals surface area contributed by atoms with Gasteiger partial charge in [-0.2, -0.15) is 0 Å². The SMILES string of the molecule is CCNC(=O)Nc1nc2cc(-c3cnc(C(C)(C)C)nc3)cc(N3CCOCC3)c2s1.CCNC(=O)Nc1nc2cc(-c3cnc(C(C)(C)O)nc3)c(NCCOC)cc2s1.CCNC(=O)Nc1nc2cc(-c3cnc(C(C)OP(=O)(O)O)nc3)cc(-c3ccccn3)c2s1.CCNC(=O)Nc1nc2cc(-c3cnc(C4(O)COC4)nc3)cc(-c3cc(CN4C[C@@H](C)O[C@@H](C)C4)ccn3)c2s1. The lowest BCUT2D eigenvalue weighted by molar-refractivity contribution is -0.189. The van der Waals surface area contributed by atoms with Gasteiger partial charge in [0.15, 0.2) is 43.6 Å². The standard InChI is InChI=1S/C29H33N7O4S.C22H28N6O2S.C21H21N6O5PS.C20H26N6O3S/c1-4-30-27(37)35-28-34-24-9-20(21-10-32-26(33-11-21)29(38)15-39-16-29)8-22(25(24)41-28)23-7-19(5-6-31-23)14-36-12-17(2)40-18(3)13-36;1-5-23-20(29)27-21-26-16-10-14(15-12-24-19(25-13-15)22(2,3)4)11-17(18(16)31-21)28-6-8-30-9-7-28;1-3-22-20(28)27-21-26-17-9-13(8-15(18(17)34-21)16-6-4-5-7-23-16)14-10-24-19(25-11-14)12(2)32-33(29,30)31;1-5-21-18(27)26-19-25-15-8-13(12-10-23-17(24-11-12)20(2,3)28)14(9-16(15)30-19)22-6-7-29-4/h5-11,17-18,38H,4,12-16H2,1-3H3,(H2,30,34,35,37);10-13H,5-9H2,1-4H3,(H2,23,26,27,29);4-12H,3H2,1-2H3,(H2,29,30,31)(H2,22,26,27,28);8-11,22,28H,5-7H2,1-4H3,(H2,21,25,26,27)/t17-,18+;;;. The number of carbonyl (C=O) groups is 4. The molecule has 0 bridgehead atoms. The number of ether oxygens (including phenoxy) is 4. The van der Waals surface area contributed by atoms with Gasteiger partial charge in [-0.05, 0) is 157 Å². The summed E-state index contributed by atoms with van der Waals surface area (Å²) in [4.78, 5) is 133. The second-order valence-electron chi connectivity index (χ2n) is 33.5. The summed E-state index contributed by atoms with van der Waals surface area (Å²) in [6.45, 7) is 31.9. The Morgan fingerprint density at radius 2 is 1.02 bits per heavy atom. The average molecular weight is 1950 g/mol. The molecule has 3 atom stereocenters. The predicted molar refractivity (Wildman–Crippen MR) is 529 cm³/mol. The number of phosphoric acid groups is 1. The van der Waals surface area contributed by atoms with Crippen LogP contribution in [0.15, 0.2) is 141 Å².